The van der Waals surface area contributed by atoms with Gasteiger partial charge in [-0.15, -0.1) is 0 Å². The summed E-state index contributed by atoms with van der Waals surface area (Å²) in [5, 5.41) is 6.24. The quantitative estimate of drug-likeness (QED) is 0.159. The van der Waals surface area contributed by atoms with E-state index in [9.17, 15) is 0 Å². The average Bonchev–Trinajstić information content (AvgIpc) is 3.66. The summed E-state index contributed by atoms with van der Waals surface area (Å²) in [6.07, 6.45) is 17.0. The maximum Gasteiger partial charge on any atom is 0.167 e. The van der Waals surface area contributed by atoms with Gasteiger partial charge in [0.05, 0.1) is 11.6 Å². The SMILES string of the molecule is NC/C(=C1\NC(C2=CCCC=C2)C(c2cccc(-c3nc(-c4ccccc4)nc(-c4cccc5c4oc4ccccc45)n3)c2)c2ccccc21)C1CC=CCC1. The van der Waals surface area contributed by atoms with E-state index in [1.807, 2.05) is 54.6 Å². The first kappa shape index (κ1) is 34.1. The lowest BCUT2D eigenvalue weighted by Crippen LogP contribution is -2.42. The zero-order valence-corrected chi connectivity index (χ0v) is 31.2. The van der Waals surface area contributed by atoms with Crippen LogP contribution in [0.1, 0.15) is 54.7 Å². The van der Waals surface area contributed by atoms with Crippen molar-refractivity contribution in [3.63, 3.8) is 0 Å². The van der Waals surface area contributed by atoms with Crippen LogP contribution in [0.15, 0.2) is 167 Å². The average molecular weight is 730 g/mol. The molecule has 5 aromatic carbocycles. The highest BCUT2D eigenvalue weighted by molar-refractivity contribution is 6.09. The molecular weight excluding hydrogens is 687 g/mol. The van der Waals surface area contributed by atoms with E-state index < -0.39 is 0 Å². The van der Waals surface area contributed by atoms with Gasteiger partial charge in [-0.2, -0.15) is 0 Å². The fourth-order valence-electron chi connectivity index (χ4n) is 8.99. The predicted octanol–water partition coefficient (Wildman–Crippen LogP) is 11.2. The van der Waals surface area contributed by atoms with Gasteiger partial charge in [0.15, 0.2) is 17.5 Å². The molecule has 56 heavy (non-hydrogen) atoms. The van der Waals surface area contributed by atoms with Crippen LogP contribution < -0.4 is 11.1 Å². The summed E-state index contributed by atoms with van der Waals surface area (Å²) in [5.41, 5.74) is 18.5. The number of hydrogen-bond acceptors (Lipinski definition) is 6. The summed E-state index contributed by atoms with van der Waals surface area (Å²) < 4.78 is 6.47. The highest BCUT2D eigenvalue weighted by Gasteiger charge is 2.36. The summed E-state index contributed by atoms with van der Waals surface area (Å²) in [6, 6.07) is 42.2. The first-order valence-corrected chi connectivity index (χ1v) is 19.9. The molecule has 0 fully saturated rings. The lowest BCUT2D eigenvalue weighted by molar-refractivity contribution is 0.531. The summed E-state index contributed by atoms with van der Waals surface area (Å²) in [4.78, 5) is 15.4. The minimum absolute atomic E-state index is 0.0202. The van der Waals surface area contributed by atoms with Gasteiger partial charge in [-0.05, 0) is 78.5 Å². The molecule has 0 bridgehead atoms. The molecule has 0 radical (unpaired) electrons. The van der Waals surface area contributed by atoms with Crippen molar-refractivity contribution in [2.45, 2.75) is 44.1 Å². The van der Waals surface area contributed by atoms with Gasteiger partial charge < -0.3 is 15.5 Å². The second kappa shape index (κ2) is 14.7. The molecular formula is C50H43N5O. The molecule has 3 heterocycles. The molecule has 6 nitrogen and oxygen atoms in total. The molecule has 1 aliphatic heterocycles. The summed E-state index contributed by atoms with van der Waals surface area (Å²) in [5.74, 6) is 2.27. The molecule has 274 valence electrons. The predicted molar refractivity (Wildman–Crippen MR) is 228 cm³/mol. The largest absolute Gasteiger partial charge is 0.455 e. The number of benzene rings is 5. The topological polar surface area (TPSA) is 89.9 Å². The molecule has 7 aromatic rings. The van der Waals surface area contributed by atoms with Gasteiger partial charge in [0.2, 0.25) is 0 Å². The first-order valence-electron chi connectivity index (χ1n) is 19.9. The number of allylic oxidation sites excluding steroid dienone is 4. The third kappa shape index (κ3) is 6.16. The Balaban J connectivity index is 1.14. The van der Waals surface area contributed by atoms with Crippen LogP contribution in [0.4, 0.5) is 0 Å². The molecule has 0 saturated heterocycles. The van der Waals surface area contributed by atoms with E-state index in [2.05, 4.69) is 102 Å². The Morgan fingerprint density at radius 3 is 2.27 bits per heavy atom. The normalized spacial score (nSPS) is 20.1. The lowest BCUT2D eigenvalue weighted by Gasteiger charge is -2.40. The summed E-state index contributed by atoms with van der Waals surface area (Å²) in [7, 11) is 0. The molecule has 0 amide bonds. The molecule has 3 atom stereocenters. The van der Waals surface area contributed by atoms with Crippen molar-refractivity contribution in [1.29, 1.82) is 0 Å². The van der Waals surface area contributed by atoms with Crippen molar-refractivity contribution >= 4 is 27.6 Å². The maximum absolute atomic E-state index is 6.63. The van der Waals surface area contributed by atoms with Crippen LogP contribution in [-0.2, 0) is 0 Å². The minimum atomic E-state index is 0.0202. The molecule has 6 heteroatoms. The van der Waals surface area contributed by atoms with E-state index >= 15 is 0 Å². The van der Waals surface area contributed by atoms with E-state index in [-0.39, 0.29) is 12.0 Å². The Kier molecular flexibility index (Phi) is 8.96. The third-order valence-corrected chi connectivity index (χ3v) is 11.7. The standard InChI is InChI=1S/C50H43N5O/c51-31-42(32-16-4-1-5-17-32)46-39-26-11-10-25-38(39)44(45(52-46)33-18-6-2-7-19-33)35-22-14-23-36(30-35)49-53-48(34-20-8-3-9-21-34)54-50(55-49)41-28-15-27-40-37-24-12-13-29-43(37)56-47(40)41/h1,3-4,6,8-15,18-30,32,44-45,52H,2,5,7,16-17,31,51H2/b46-42+. The second-order valence-corrected chi connectivity index (χ2v) is 15.0. The van der Waals surface area contributed by atoms with Gasteiger partial charge in [0, 0.05) is 45.6 Å². The Hall–Kier alpha value is -6.37. The molecule has 3 aliphatic rings. The number of furan rings is 1. The number of hydrogen-bond donors (Lipinski definition) is 2. The Bertz CT molecular complexity index is 2720. The van der Waals surface area contributed by atoms with Crippen molar-refractivity contribution in [2.75, 3.05) is 6.54 Å². The number of nitrogens with one attached hydrogen (secondary N) is 1. The van der Waals surface area contributed by atoms with E-state index in [0.29, 0.717) is 29.9 Å². The number of aromatic nitrogens is 3. The van der Waals surface area contributed by atoms with Crippen LogP contribution in [-0.4, -0.2) is 27.5 Å². The van der Waals surface area contributed by atoms with Crippen molar-refractivity contribution in [1.82, 2.24) is 20.3 Å². The fraction of sp³-hybridized carbons (Fsp3) is 0.180. The van der Waals surface area contributed by atoms with Crippen LogP contribution >= 0.6 is 0 Å². The van der Waals surface area contributed by atoms with Crippen LogP contribution in [0.25, 0.3) is 61.8 Å². The molecule has 2 aromatic heterocycles. The Labute approximate surface area is 327 Å². The van der Waals surface area contributed by atoms with E-state index in [0.717, 1.165) is 70.7 Å². The van der Waals surface area contributed by atoms with Gasteiger partial charge in [0.25, 0.3) is 0 Å². The van der Waals surface area contributed by atoms with Crippen LogP contribution in [0.3, 0.4) is 0 Å². The van der Waals surface area contributed by atoms with E-state index in [1.165, 1.54) is 33.5 Å². The first-order chi connectivity index (χ1) is 27.7. The van der Waals surface area contributed by atoms with Crippen LogP contribution in [0.2, 0.25) is 0 Å². The fourth-order valence-corrected chi connectivity index (χ4v) is 8.99. The smallest absolute Gasteiger partial charge is 0.167 e. The summed E-state index contributed by atoms with van der Waals surface area (Å²) in [6.45, 7) is 0.532. The molecule has 0 saturated carbocycles. The molecule has 10 rings (SSSR count). The van der Waals surface area contributed by atoms with Crippen molar-refractivity contribution in [2.24, 2.45) is 11.7 Å². The van der Waals surface area contributed by atoms with Crippen molar-refractivity contribution < 1.29 is 4.42 Å². The minimum Gasteiger partial charge on any atom is -0.455 e. The summed E-state index contributed by atoms with van der Waals surface area (Å²) >= 11 is 0. The Morgan fingerprint density at radius 2 is 1.43 bits per heavy atom. The zero-order chi connectivity index (χ0) is 37.4. The number of rotatable bonds is 7. The lowest BCUT2D eigenvalue weighted by atomic mass is 9.73. The van der Waals surface area contributed by atoms with E-state index in [4.69, 9.17) is 25.1 Å². The van der Waals surface area contributed by atoms with Gasteiger partial charge in [0.1, 0.15) is 11.2 Å². The second-order valence-electron chi connectivity index (χ2n) is 15.0. The molecule has 2 aliphatic carbocycles. The highest BCUT2D eigenvalue weighted by atomic mass is 16.3. The third-order valence-electron chi connectivity index (χ3n) is 11.7. The molecule has 0 spiro atoms. The number of para-hydroxylation sites is 2. The highest BCUT2D eigenvalue weighted by Crippen LogP contribution is 2.44. The van der Waals surface area contributed by atoms with Crippen molar-refractivity contribution in [3.8, 4) is 34.2 Å². The van der Waals surface area contributed by atoms with Gasteiger partial charge in [-0.1, -0.05) is 134 Å². The number of fused-ring (bicyclic) bond motifs is 4. The van der Waals surface area contributed by atoms with Gasteiger partial charge in [-0.3, -0.25) is 0 Å². The number of nitrogens with zero attached hydrogens (tertiary/aromatic N) is 3. The van der Waals surface area contributed by atoms with Crippen LogP contribution in [0.5, 0.6) is 0 Å². The van der Waals surface area contributed by atoms with Crippen molar-refractivity contribution in [3.05, 3.63) is 180 Å². The monoisotopic (exact) mass is 729 g/mol. The van der Waals surface area contributed by atoms with Gasteiger partial charge >= 0.3 is 0 Å². The molecule has 3 N–H and O–H groups in total. The maximum atomic E-state index is 6.63. The Morgan fingerprint density at radius 1 is 0.679 bits per heavy atom. The van der Waals surface area contributed by atoms with Crippen LogP contribution in [0, 0.1) is 5.92 Å². The van der Waals surface area contributed by atoms with E-state index in [1.54, 1.807) is 0 Å². The number of nitrogens with two attached hydrogens (primary N) is 1. The molecule has 3 unspecified atom stereocenters. The zero-order valence-electron chi connectivity index (χ0n) is 31.2. The van der Waals surface area contributed by atoms with Gasteiger partial charge in [-0.25, -0.2) is 15.0 Å².